The van der Waals surface area contributed by atoms with Crippen LogP contribution in [0.3, 0.4) is 0 Å². The summed E-state index contributed by atoms with van der Waals surface area (Å²) in [5, 5.41) is 0. The number of ketones is 2. The summed E-state index contributed by atoms with van der Waals surface area (Å²) in [5.74, 6) is -0.895. The van der Waals surface area contributed by atoms with E-state index in [1.54, 1.807) is 0 Å². The minimum atomic E-state index is -1.01. The van der Waals surface area contributed by atoms with E-state index in [1.165, 1.54) is 13.8 Å². The lowest BCUT2D eigenvalue weighted by molar-refractivity contribution is -0.207. The Bertz CT molecular complexity index is 830. The molecular weight excluding hydrogens is 384 g/mol. The number of hydrogen-bond acceptors (Lipinski definition) is 6. The molecule has 0 heterocycles. The van der Waals surface area contributed by atoms with E-state index < -0.39 is 16.2 Å². The highest BCUT2D eigenvalue weighted by Gasteiger charge is 2.72. The number of fused-ring (bicyclic) bond motifs is 3. The molecule has 5 saturated carbocycles. The fourth-order valence-electron chi connectivity index (χ4n) is 7.47. The number of hydrogen-bond donors (Lipinski definition) is 0. The molecule has 164 valence electrons. The maximum absolute atomic E-state index is 13.6. The van der Waals surface area contributed by atoms with Gasteiger partial charge in [-0.05, 0) is 55.4 Å². The highest BCUT2D eigenvalue weighted by atomic mass is 16.5. The molecule has 6 atom stereocenters. The Morgan fingerprint density at radius 2 is 1.70 bits per heavy atom. The smallest absolute Gasteiger partial charge is 0.302 e. The first-order valence-electron chi connectivity index (χ1n) is 11.1. The zero-order chi connectivity index (χ0) is 21.9. The average Bonchev–Trinajstić information content (AvgIpc) is 2.70. The Balaban J connectivity index is 1.81. The number of Topliss-reactive ketones (excluding diaryl/α,β-unsaturated/α-hetero) is 2. The lowest BCUT2D eigenvalue weighted by Crippen LogP contribution is -2.69. The van der Waals surface area contributed by atoms with Gasteiger partial charge in [-0.15, -0.1) is 0 Å². The minimum absolute atomic E-state index is 0.0104. The van der Waals surface area contributed by atoms with Crippen molar-refractivity contribution in [3.05, 3.63) is 12.2 Å². The maximum Gasteiger partial charge on any atom is 0.302 e. The van der Waals surface area contributed by atoms with Gasteiger partial charge >= 0.3 is 11.9 Å². The Labute approximate surface area is 177 Å². The zero-order valence-electron chi connectivity index (χ0n) is 18.3. The first-order chi connectivity index (χ1) is 14.1. The predicted molar refractivity (Wildman–Crippen MR) is 108 cm³/mol. The predicted octanol–water partition coefficient (Wildman–Crippen LogP) is 3.42. The van der Waals surface area contributed by atoms with Crippen molar-refractivity contribution < 1.29 is 28.7 Å². The topological polar surface area (TPSA) is 86.7 Å². The second-order valence-corrected chi connectivity index (χ2v) is 10.3. The van der Waals surface area contributed by atoms with E-state index >= 15 is 0 Å². The van der Waals surface area contributed by atoms with E-state index in [2.05, 4.69) is 13.5 Å². The molecule has 30 heavy (non-hydrogen) atoms. The third-order valence-corrected chi connectivity index (χ3v) is 8.85. The Hall–Kier alpha value is -1.98. The van der Waals surface area contributed by atoms with E-state index in [1.807, 2.05) is 0 Å². The molecule has 0 saturated heterocycles. The van der Waals surface area contributed by atoms with E-state index in [9.17, 15) is 19.2 Å². The van der Waals surface area contributed by atoms with Gasteiger partial charge in [-0.1, -0.05) is 19.9 Å². The Morgan fingerprint density at radius 1 is 1.03 bits per heavy atom. The second-order valence-electron chi connectivity index (χ2n) is 10.3. The first kappa shape index (κ1) is 21.3. The molecule has 0 aromatic carbocycles. The summed E-state index contributed by atoms with van der Waals surface area (Å²) in [4.78, 5) is 50.4. The van der Waals surface area contributed by atoms with E-state index in [4.69, 9.17) is 9.47 Å². The van der Waals surface area contributed by atoms with Crippen molar-refractivity contribution in [3.63, 3.8) is 0 Å². The zero-order valence-corrected chi connectivity index (χ0v) is 18.3. The minimum Gasteiger partial charge on any atom is -0.465 e. The molecule has 0 aromatic heterocycles. The highest BCUT2D eigenvalue weighted by Crippen LogP contribution is 2.70. The standard InChI is InChI=1S/C24H32O6/c1-14-17-6-9-24(21(14)28)19(10-17)23(13-30-16(3)26)8-5-7-22(4,12-29-15(2)25)18(23)11-20(24)27/h17-19H,1,5-13H2,2-4H3/t17-,18?,19?,22-,23-,24+/m0/s1. The first-order valence-corrected chi connectivity index (χ1v) is 11.1. The van der Waals surface area contributed by atoms with Crippen LogP contribution in [0.1, 0.15) is 65.7 Å². The van der Waals surface area contributed by atoms with Crippen LogP contribution in [0.15, 0.2) is 12.2 Å². The van der Waals surface area contributed by atoms with Gasteiger partial charge in [0.2, 0.25) is 0 Å². The third-order valence-electron chi connectivity index (χ3n) is 8.85. The van der Waals surface area contributed by atoms with Gasteiger partial charge in [0.1, 0.15) is 5.78 Å². The molecule has 2 bridgehead atoms. The molecule has 2 unspecified atom stereocenters. The van der Waals surface area contributed by atoms with Crippen LogP contribution < -0.4 is 0 Å². The van der Waals surface area contributed by atoms with Crippen LogP contribution in [-0.2, 0) is 28.7 Å². The van der Waals surface area contributed by atoms with Crippen LogP contribution in [0.4, 0.5) is 0 Å². The molecule has 5 rings (SSSR count). The third kappa shape index (κ3) is 2.82. The van der Waals surface area contributed by atoms with Crippen LogP contribution in [-0.4, -0.2) is 36.7 Å². The van der Waals surface area contributed by atoms with Gasteiger partial charge in [0.25, 0.3) is 0 Å². The summed E-state index contributed by atoms with van der Waals surface area (Å²) in [6.07, 6.45) is 4.95. The number of carbonyl (C=O) groups is 4. The van der Waals surface area contributed by atoms with Gasteiger partial charge in [-0.3, -0.25) is 19.2 Å². The lowest BCUT2D eigenvalue weighted by atomic mass is 9.36. The maximum atomic E-state index is 13.6. The van der Waals surface area contributed by atoms with Crippen LogP contribution >= 0.6 is 0 Å². The van der Waals surface area contributed by atoms with Crippen LogP contribution in [0, 0.1) is 34.0 Å². The van der Waals surface area contributed by atoms with E-state index in [-0.39, 0.29) is 60.9 Å². The summed E-state index contributed by atoms with van der Waals surface area (Å²) in [7, 11) is 0. The number of allylic oxidation sites excluding steroid dienone is 1. The molecule has 0 radical (unpaired) electrons. The molecule has 0 aliphatic heterocycles. The summed E-state index contributed by atoms with van der Waals surface area (Å²) in [6, 6.07) is 0. The van der Waals surface area contributed by atoms with Gasteiger partial charge in [0.05, 0.1) is 18.6 Å². The van der Waals surface area contributed by atoms with Gasteiger partial charge in [0.15, 0.2) is 5.78 Å². The summed E-state index contributed by atoms with van der Waals surface area (Å²) in [5.41, 5.74) is -1.26. The van der Waals surface area contributed by atoms with Crippen LogP contribution in [0.25, 0.3) is 0 Å². The Morgan fingerprint density at radius 3 is 2.37 bits per heavy atom. The fraction of sp³-hybridized carbons (Fsp3) is 0.750. The number of esters is 2. The molecule has 5 aliphatic rings. The van der Waals surface area contributed by atoms with Gasteiger partial charge < -0.3 is 9.47 Å². The van der Waals surface area contributed by atoms with Gasteiger partial charge in [-0.25, -0.2) is 0 Å². The molecule has 0 aromatic rings. The van der Waals surface area contributed by atoms with Crippen molar-refractivity contribution in [1.29, 1.82) is 0 Å². The quantitative estimate of drug-likeness (QED) is 0.396. The van der Waals surface area contributed by atoms with Crippen molar-refractivity contribution in [2.75, 3.05) is 13.2 Å². The Kier molecular flexibility index (Phi) is 4.98. The van der Waals surface area contributed by atoms with Gasteiger partial charge in [-0.2, -0.15) is 0 Å². The van der Waals surface area contributed by atoms with Crippen molar-refractivity contribution in [1.82, 2.24) is 0 Å². The van der Waals surface area contributed by atoms with Crippen LogP contribution in [0.5, 0.6) is 0 Å². The summed E-state index contributed by atoms with van der Waals surface area (Å²) < 4.78 is 11.1. The van der Waals surface area contributed by atoms with E-state index in [0.717, 1.165) is 32.1 Å². The van der Waals surface area contributed by atoms with Gasteiger partial charge in [0, 0.05) is 31.1 Å². The van der Waals surface area contributed by atoms with Crippen LogP contribution in [0.2, 0.25) is 0 Å². The molecule has 6 nitrogen and oxygen atoms in total. The molecule has 0 N–H and O–H groups in total. The molecule has 1 spiro atoms. The summed E-state index contributed by atoms with van der Waals surface area (Å²) in [6.45, 7) is 9.36. The van der Waals surface area contributed by atoms with E-state index in [0.29, 0.717) is 12.0 Å². The number of carbonyl (C=O) groups excluding carboxylic acids is 4. The molecule has 5 fully saturated rings. The van der Waals surface area contributed by atoms with Crippen molar-refractivity contribution in [2.24, 2.45) is 34.0 Å². The van der Waals surface area contributed by atoms with Crippen molar-refractivity contribution in [3.8, 4) is 0 Å². The molecule has 0 amide bonds. The normalized spacial score (nSPS) is 42.4. The number of ether oxygens (including phenoxy) is 2. The van der Waals surface area contributed by atoms with Crippen molar-refractivity contribution in [2.45, 2.75) is 65.7 Å². The SMILES string of the molecule is C=C1C(=O)[C@]23CC[C@H]1CC2[C@]1(COC(C)=O)CCC[C@@](C)(COC(C)=O)C1CC3=O. The molecule has 6 heteroatoms. The largest absolute Gasteiger partial charge is 0.465 e. The van der Waals surface area contributed by atoms with Crippen molar-refractivity contribution >= 4 is 23.5 Å². The second kappa shape index (κ2) is 7.03. The summed E-state index contributed by atoms with van der Waals surface area (Å²) >= 11 is 0. The number of rotatable bonds is 4. The molecule has 5 aliphatic carbocycles. The highest BCUT2D eigenvalue weighted by molar-refractivity contribution is 6.16. The average molecular weight is 417 g/mol. The fourth-order valence-corrected chi connectivity index (χ4v) is 7.47. The lowest BCUT2D eigenvalue weighted by Gasteiger charge is -2.66. The monoisotopic (exact) mass is 416 g/mol. The molecular formula is C24H32O6.